The fourth-order valence-electron chi connectivity index (χ4n) is 1.95. The van der Waals surface area contributed by atoms with Gasteiger partial charge in [0.15, 0.2) is 0 Å². The number of nitriles is 1. The largest absolute Gasteiger partial charge is 0.495 e. The Hall–Kier alpha value is -3.00. The zero-order valence-electron chi connectivity index (χ0n) is 11.7. The van der Waals surface area contributed by atoms with Crippen LogP contribution in [-0.2, 0) is 0 Å². The van der Waals surface area contributed by atoms with Gasteiger partial charge < -0.3 is 15.2 Å². The summed E-state index contributed by atoms with van der Waals surface area (Å²) in [5.74, 6) is -0.406. The Morgan fingerprint density at radius 1 is 1.24 bits per heavy atom. The molecule has 0 aliphatic carbocycles. The second kappa shape index (κ2) is 5.97. The third kappa shape index (κ3) is 3.12. The molecule has 0 aromatic heterocycles. The van der Waals surface area contributed by atoms with Gasteiger partial charge >= 0.3 is 5.97 Å². The van der Waals surface area contributed by atoms with Crippen LogP contribution < -0.4 is 10.1 Å². The standard InChI is InChI=1S/C16H14N2O3/c1-10-7-12(16(19)20)4-6-13(10)18-14-5-3-11(9-17)8-15(14)21-2/h3-8,18H,1-2H3,(H,19,20). The van der Waals surface area contributed by atoms with Gasteiger partial charge in [-0.25, -0.2) is 4.79 Å². The van der Waals surface area contributed by atoms with E-state index in [0.29, 0.717) is 17.0 Å². The van der Waals surface area contributed by atoms with Crippen molar-refractivity contribution < 1.29 is 14.6 Å². The third-order valence-corrected chi connectivity index (χ3v) is 3.07. The number of nitrogens with one attached hydrogen (secondary N) is 1. The molecule has 0 amide bonds. The number of ether oxygens (including phenoxy) is 1. The topological polar surface area (TPSA) is 82.3 Å². The van der Waals surface area contributed by atoms with E-state index in [9.17, 15) is 4.79 Å². The van der Waals surface area contributed by atoms with E-state index in [1.165, 1.54) is 13.2 Å². The van der Waals surface area contributed by atoms with E-state index in [-0.39, 0.29) is 5.56 Å². The molecule has 0 aliphatic rings. The van der Waals surface area contributed by atoms with Crippen molar-refractivity contribution in [2.45, 2.75) is 6.92 Å². The summed E-state index contributed by atoms with van der Waals surface area (Å²) < 4.78 is 5.25. The van der Waals surface area contributed by atoms with E-state index in [2.05, 4.69) is 11.4 Å². The second-order valence-electron chi connectivity index (χ2n) is 4.49. The van der Waals surface area contributed by atoms with Gasteiger partial charge in [0.2, 0.25) is 0 Å². The lowest BCUT2D eigenvalue weighted by Crippen LogP contribution is -2.00. The predicted octanol–water partition coefficient (Wildman–Crippen LogP) is 3.32. The number of aryl methyl sites for hydroxylation is 1. The number of hydrogen-bond donors (Lipinski definition) is 2. The molecule has 2 rings (SSSR count). The summed E-state index contributed by atoms with van der Waals surface area (Å²) in [6, 6.07) is 12.0. The molecule has 2 aromatic carbocycles. The summed E-state index contributed by atoms with van der Waals surface area (Å²) in [5.41, 5.74) is 3.05. The summed E-state index contributed by atoms with van der Waals surface area (Å²) in [7, 11) is 1.53. The quantitative estimate of drug-likeness (QED) is 0.898. The van der Waals surface area contributed by atoms with Crippen LogP contribution in [0.2, 0.25) is 0 Å². The molecule has 0 saturated heterocycles. The first-order chi connectivity index (χ1) is 10.0. The van der Waals surface area contributed by atoms with Gasteiger partial charge in [-0.1, -0.05) is 0 Å². The molecule has 5 heteroatoms. The first-order valence-electron chi connectivity index (χ1n) is 6.24. The number of anilines is 2. The van der Waals surface area contributed by atoms with Crippen molar-refractivity contribution in [1.29, 1.82) is 5.26 Å². The number of hydrogen-bond acceptors (Lipinski definition) is 4. The molecule has 0 bridgehead atoms. The van der Waals surface area contributed by atoms with Gasteiger partial charge in [-0.05, 0) is 42.8 Å². The fourth-order valence-corrected chi connectivity index (χ4v) is 1.95. The minimum Gasteiger partial charge on any atom is -0.495 e. The Morgan fingerprint density at radius 3 is 2.52 bits per heavy atom. The number of rotatable bonds is 4. The monoisotopic (exact) mass is 282 g/mol. The Kier molecular flexibility index (Phi) is 4.10. The number of aromatic carboxylic acids is 1. The summed E-state index contributed by atoms with van der Waals surface area (Å²) in [5, 5.41) is 21.0. The molecular formula is C16H14N2O3. The highest BCUT2D eigenvalue weighted by molar-refractivity contribution is 5.88. The van der Waals surface area contributed by atoms with Crippen LogP contribution >= 0.6 is 0 Å². The van der Waals surface area contributed by atoms with Gasteiger partial charge in [0.05, 0.1) is 30.0 Å². The zero-order chi connectivity index (χ0) is 15.4. The van der Waals surface area contributed by atoms with Gasteiger partial charge in [-0.2, -0.15) is 5.26 Å². The number of methoxy groups -OCH3 is 1. The molecule has 0 heterocycles. The minimum absolute atomic E-state index is 0.241. The summed E-state index contributed by atoms with van der Waals surface area (Å²) >= 11 is 0. The molecule has 106 valence electrons. The maximum absolute atomic E-state index is 10.9. The average Bonchev–Trinajstić information content (AvgIpc) is 2.49. The molecule has 2 N–H and O–H groups in total. The maximum atomic E-state index is 10.9. The van der Waals surface area contributed by atoms with Gasteiger partial charge in [0.25, 0.3) is 0 Å². The van der Waals surface area contributed by atoms with Gasteiger partial charge in [-0.3, -0.25) is 0 Å². The van der Waals surface area contributed by atoms with Crippen molar-refractivity contribution in [2.24, 2.45) is 0 Å². The van der Waals surface area contributed by atoms with Crippen molar-refractivity contribution in [3.63, 3.8) is 0 Å². The molecule has 0 radical (unpaired) electrons. The van der Waals surface area contributed by atoms with Crippen LogP contribution in [0.3, 0.4) is 0 Å². The molecule has 0 saturated carbocycles. The lowest BCUT2D eigenvalue weighted by molar-refractivity contribution is 0.0697. The van der Waals surface area contributed by atoms with E-state index in [4.69, 9.17) is 15.1 Å². The Balaban J connectivity index is 2.34. The van der Waals surface area contributed by atoms with Crippen molar-refractivity contribution in [2.75, 3.05) is 12.4 Å². The van der Waals surface area contributed by atoms with E-state index in [1.807, 2.05) is 6.92 Å². The summed E-state index contributed by atoms with van der Waals surface area (Å²) in [6.07, 6.45) is 0. The summed E-state index contributed by atoms with van der Waals surface area (Å²) in [4.78, 5) is 10.9. The molecule has 0 unspecified atom stereocenters. The van der Waals surface area contributed by atoms with Crippen molar-refractivity contribution >= 4 is 17.3 Å². The number of carboxylic acids is 1. The van der Waals surface area contributed by atoms with Gasteiger partial charge in [0, 0.05) is 11.8 Å². The molecule has 5 nitrogen and oxygen atoms in total. The lowest BCUT2D eigenvalue weighted by Gasteiger charge is -2.13. The highest BCUT2D eigenvalue weighted by atomic mass is 16.5. The normalized spacial score (nSPS) is 9.76. The number of carboxylic acid groups (broad SMARTS) is 1. The average molecular weight is 282 g/mol. The van der Waals surface area contributed by atoms with E-state index >= 15 is 0 Å². The zero-order valence-corrected chi connectivity index (χ0v) is 11.7. The first-order valence-corrected chi connectivity index (χ1v) is 6.24. The van der Waals surface area contributed by atoms with Crippen molar-refractivity contribution in [3.8, 4) is 11.8 Å². The number of carbonyl (C=O) groups is 1. The maximum Gasteiger partial charge on any atom is 0.335 e. The Morgan fingerprint density at radius 2 is 1.95 bits per heavy atom. The van der Waals surface area contributed by atoms with Crippen LogP contribution in [0.15, 0.2) is 36.4 Å². The lowest BCUT2D eigenvalue weighted by atomic mass is 10.1. The number of nitrogens with zero attached hydrogens (tertiary/aromatic N) is 1. The van der Waals surface area contributed by atoms with Crippen LogP contribution in [0.4, 0.5) is 11.4 Å². The highest BCUT2D eigenvalue weighted by Crippen LogP contribution is 2.30. The molecular weight excluding hydrogens is 268 g/mol. The Bertz CT molecular complexity index is 733. The van der Waals surface area contributed by atoms with Crippen LogP contribution in [0.25, 0.3) is 0 Å². The van der Waals surface area contributed by atoms with E-state index in [1.54, 1.807) is 30.3 Å². The molecule has 2 aromatic rings. The van der Waals surface area contributed by atoms with Crippen LogP contribution in [-0.4, -0.2) is 18.2 Å². The van der Waals surface area contributed by atoms with Crippen molar-refractivity contribution in [3.05, 3.63) is 53.1 Å². The van der Waals surface area contributed by atoms with E-state index in [0.717, 1.165) is 11.3 Å². The van der Waals surface area contributed by atoms with Gasteiger partial charge in [-0.15, -0.1) is 0 Å². The van der Waals surface area contributed by atoms with Crippen LogP contribution in [0.5, 0.6) is 5.75 Å². The third-order valence-electron chi connectivity index (χ3n) is 3.07. The number of benzene rings is 2. The van der Waals surface area contributed by atoms with Crippen molar-refractivity contribution in [1.82, 2.24) is 0 Å². The van der Waals surface area contributed by atoms with Crippen LogP contribution in [0, 0.1) is 18.3 Å². The molecule has 0 fully saturated rings. The fraction of sp³-hybridized carbons (Fsp3) is 0.125. The smallest absolute Gasteiger partial charge is 0.335 e. The van der Waals surface area contributed by atoms with E-state index < -0.39 is 5.97 Å². The minimum atomic E-state index is -0.958. The first kappa shape index (κ1) is 14.4. The molecule has 0 atom stereocenters. The molecule has 0 aliphatic heterocycles. The summed E-state index contributed by atoms with van der Waals surface area (Å²) in [6.45, 7) is 1.82. The molecule has 0 spiro atoms. The van der Waals surface area contributed by atoms with Crippen LogP contribution in [0.1, 0.15) is 21.5 Å². The van der Waals surface area contributed by atoms with Gasteiger partial charge in [0.1, 0.15) is 5.75 Å². The Labute approximate surface area is 122 Å². The SMILES string of the molecule is COc1cc(C#N)ccc1Nc1ccc(C(=O)O)cc1C. The molecule has 21 heavy (non-hydrogen) atoms. The predicted molar refractivity (Wildman–Crippen MR) is 79.1 cm³/mol. The highest BCUT2D eigenvalue weighted by Gasteiger charge is 2.09. The second-order valence-corrected chi connectivity index (χ2v) is 4.49.